The standard InChI is InChI=1S/C13H9ClF3N/c14-7-10-4-3-9(6-12(10)13(15,16)17)11-2-1-5-18-8-11/h1-6,8H,7H2. The number of nitrogens with zero attached hydrogens (tertiary/aromatic N) is 1. The molecule has 2 rings (SSSR count). The number of aromatic nitrogens is 1. The van der Waals surface area contributed by atoms with Gasteiger partial charge in [-0.05, 0) is 23.3 Å². The average Bonchev–Trinajstić information content (AvgIpc) is 2.38. The second kappa shape index (κ2) is 4.98. The van der Waals surface area contributed by atoms with Crippen LogP contribution in [0.15, 0.2) is 42.7 Å². The van der Waals surface area contributed by atoms with Crippen LogP contribution in [0.3, 0.4) is 0 Å². The van der Waals surface area contributed by atoms with Crippen molar-refractivity contribution in [3.05, 3.63) is 53.9 Å². The molecule has 18 heavy (non-hydrogen) atoms. The summed E-state index contributed by atoms with van der Waals surface area (Å²) >= 11 is 5.52. The first-order valence-electron chi connectivity index (χ1n) is 5.19. The van der Waals surface area contributed by atoms with E-state index in [1.165, 1.54) is 12.3 Å². The Morgan fingerprint density at radius 1 is 1.11 bits per heavy atom. The number of benzene rings is 1. The van der Waals surface area contributed by atoms with Gasteiger partial charge in [-0.1, -0.05) is 18.2 Å². The summed E-state index contributed by atoms with van der Waals surface area (Å²) in [5.74, 6) is -0.165. The molecule has 1 nitrogen and oxygen atoms in total. The summed E-state index contributed by atoms with van der Waals surface area (Å²) in [6, 6.07) is 7.51. The van der Waals surface area contributed by atoms with Crippen LogP contribution in [-0.4, -0.2) is 4.98 Å². The molecule has 5 heteroatoms. The fourth-order valence-electron chi connectivity index (χ4n) is 1.67. The molecule has 0 aliphatic rings. The van der Waals surface area contributed by atoms with E-state index in [-0.39, 0.29) is 11.4 Å². The van der Waals surface area contributed by atoms with E-state index in [9.17, 15) is 13.2 Å². The van der Waals surface area contributed by atoms with Crippen LogP contribution in [0.5, 0.6) is 0 Å². The highest BCUT2D eigenvalue weighted by molar-refractivity contribution is 6.17. The van der Waals surface area contributed by atoms with E-state index in [0.29, 0.717) is 11.1 Å². The first-order chi connectivity index (χ1) is 8.52. The molecule has 2 aromatic rings. The number of halogens is 4. The Labute approximate surface area is 107 Å². The van der Waals surface area contributed by atoms with Gasteiger partial charge in [0.05, 0.1) is 5.56 Å². The monoisotopic (exact) mass is 271 g/mol. The normalized spacial score (nSPS) is 11.6. The van der Waals surface area contributed by atoms with Crippen LogP contribution in [0.25, 0.3) is 11.1 Å². The van der Waals surface area contributed by atoms with Crippen LogP contribution in [0.2, 0.25) is 0 Å². The molecule has 1 aromatic heterocycles. The summed E-state index contributed by atoms with van der Waals surface area (Å²) < 4.78 is 38.6. The van der Waals surface area contributed by atoms with Gasteiger partial charge >= 0.3 is 6.18 Å². The molecule has 0 fully saturated rings. The molecule has 0 amide bonds. The molecule has 0 aliphatic carbocycles. The number of hydrogen-bond acceptors (Lipinski definition) is 1. The van der Waals surface area contributed by atoms with Crippen molar-refractivity contribution in [2.24, 2.45) is 0 Å². The van der Waals surface area contributed by atoms with Gasteiger partial charge in [0.15, 0.2) is 0 Å². The van der Waals surface area contributed by atoms with Crippen LogP contribution in [0.4, 0.5) is 13.2 Å². The van der Waals surface area contributed by atoms with Crippen molar-refractivity contribution >= 4 is 11.6 Å². The first kappa shape index (κ1) is 12.9. The lowest BCUT2D eigenvalue weighted by atomic mass is 10.0. The Kier molecular flexibility index (Phi) is 3.57. The number of alkyl halides is 4. The minimum Gasteiger partial charge on any atom is -0.264 e. The van der Waals surface area contributed by atoms with Crippen LogP contribution in [0.1, 0.15) is 11.1 Å². The van der Waals surface area contributed by atoms with Crippen LogP contribution in [0, 0.1) is 0 Å². The van der Waals surface area contributed by atoms with Gasteiger partial charge in [0.25, 0.3) is 0 Å². The van der Waals surface area contributed by atoms with Crippen LogP contribution in [-0.2, 0) is 12.1 Å². The molecule has 0 bridgehead atoms. The minimum absolute atomic E-state index is 0.0804. The molecular formula is C13H9ClF3N. The molecule has 0 N–H and O–H groups in total. The fraction of sp³-hybridized carbons (Fsp3) is 0.154. The molecule has 1 heterocycles. The summed E-state index contributed by atoms with van der Waals surface area (Å²) in [6.45, 7) is 0. The van der Waals surface area contributed by atoms with E-state index in [0.717, 1.165) is 6.07 Å². The van der Waals surface area contributed by atoms with E-state index in [1.807, 2.05) is 0 Å². The van der Waals surface area contributed by atoms with Crippen molar-refractivity contribution in [2.75, 3.05) is 0 Å². The summed E-state index contributed by atoms with van der Waals surface area (Å²) in [7, 11) is 0. The van der Waals surface area contributed by atoms with Crippen LogP contribution >= 0.6 is 11.6 Å². The third kappa shape index (κ3) is 2.64. The van der Waals surface area contributed by atoms with E-state index in [4.69, 9.17) is 11.6 Å². The Bertz CT molecular complexity index is 538. The quantitative estimate of drug-likeness (QED) is 0.733. The predicted molar refractivity (Wildman–Crippen MR) is 64.2 cm³/mol. The molecule has 0 spiro atoms. The molecule has 1 aromatic carbocycles. The molecule has 0 unspecified atom stereocenters. The molecular weight excluding hydrogens is 263 g/mol. The molecule has 0 atom stereocenters. The van der Waals surface area contributed by atoms with Gasteiger partial charge in [0, 0.05) is 23.8 Å². The zero-order chi connectivity index (χ0) is 13.2. The van der Waals surface area contributed by atoms with E-state index in [1.54, 1.807) is 24.4 Å². The van der Waals surface area contributed by atoms with Gasteiger partial charge in [-0.25, -0.2) is 0 Å². The lowest BCUT2D eigenvalue weighted by molar-refractivity contribution is -0.138. The maximum Gasteiger partial charge on any atom is 0.416 e. The third-order valence-electron chi connectivity index (χ3n) is 2.55. The van der Waals surface area contributed by atoms with Gasteiger partial charge in [-0.2, -0.15) is 13.2 Å². The Morgan fingerprint density at radius 3 is 2.44 bits per heavy atom. The Hall–Kier alpha value is -1.55. The lowest BCUT2D eigenvalue weighted by Gasteiger charge is -2.13. The van der Waals surface area contributed by atoms with Crippen molar-refractivity contribution in [3.8, 4) is 11.1 Å². The maximum absolute atomic E-state index is 12.9. The highest BCUT2D eigenvalue weighted by atomic mass is 35.5. The van der Waals surface area contributed by atoms with Crippen molar-refractivity contribution in [1.82, 2.24) is 4.98 Å². The predicted octanol–water partition coefficient (Wildman–Crippen LogP) is 4.51. The van der Waals surface area contributed by atoms with E-state index < -0.39 is 11.7 Å². The molecule has 0 saturated heterocycles. The largest absolute Gasteiger partial charge is 0.416 e. The fourth-order valence-corrected chi connectivity index (χ4v) is 1.90. The zero-order valence-corrected chi connectivity index (χ0v) is 9.96. The van der Waals surface area contributed by atoms with Gasteiger partial charge < -0.3 is 0 Å². The summed E-state index contributed by atoms with van der Waals surface area (Å²) in [4.78, 5) is 3.89. The second-order valence-electron chi connectivity index (χ2n) is 3.75. The third-order valence-corrected chi connectivity index (χ3v) is 2.84. The Morgan fingerprint density at radius 2 is 1.89 bits per heavy atom. The molecule has 0 saturated carbocycles. The van der Waals surface area contributed by atoms with Gasteiger partial charge in [0.2, 0.25) is 0 Å². The van der Waals surface area contributed by atoms with Crippen LogP contribution < -0.4 is 0 Å². The van der Waals surface area contributed by atoms with Gasteiger partial charge in [-0.15, -0.1) is 11.6 Å². The highest BCUT2D eigenvalue weighted by Crippen LogP contribution is 2.35. The van der Waals surface area contributed by atoms with Crippen molar-refractivity contribution < 1.29 is 13.2 Å². The van der Waals surface area contributed by atoms with E-state index in [2.05, 4.69) is 4.98 Å². The summed E-state index contributed by atoms with van der Waals surface area (Å²) in [5, 5.41) is 0. The van der Waals surface area contributed by atoms with Crippen molar-refractivity contribution in [3.63, 3.8) is 0 Å². The van der Waals surface area contributed by atoms with Gasteiger partial charge in [0.1, 0.15) is 0 Å². The highest BCUT2D eigenvalue weighted by Gasteiger charge is 2.33. The summed E-state index contributed by atoms with van der Waals surface area (Å²) in [6.07, 6.45) is -1.31. The zero-order valence-electron chi connectivity index (χ0n) is 9.21. The summed E-state index contributed by atoms with van der Waals surface area (Å²) in [5.41, 5.74) is 0.504. The van der Waals surface area contributed by atoms with Crippen molar-refractivity contribution in [1.29, 1.82) is 0 Å². The topological polar surface area (TPSA) is 12.9 Å². The number of pyridine rings is 1. The van der Waals surface area contributed by atoms with Crippen molar-refractivity contribution in [2.45, 2.75) is 12.1 Å². The molecule has 94 valence electrons. The number of hydrogen-bond donors (Lipinski definition) is 0. The minimum atomic E-state index is -4.40. The van der Waals surface area contributed by atoms with E-state index >= 15 is 0 Å². The maximum atomic E-state index is 12.9. The SMILES string of the molecule is FC(F)(F)c1cc(-c2cccnc2)ccc1CCl. The average molecular weight is 272 g/mol. The molecule has 0 aliphatic heterocycles. The smallest absolute Gasteiger partial charge is 0.264 e. The Balaban J connectivity index is 2.53. The van der Waals surface area contributed by atoms with Gasteiger partial charge in [-0.3, -0.25) is 4.98 Å². The first-order valence-corrected chi connectivity index (χ1v) is 5.72. The lowest BCUT2D eigenvalue weighted by Crippen LogP contribution is -2.08. The second-order valence-corrected chi connectivity index (χ2v) is 4.01. The molecule has 0 radical (unpaired) electrons. The number of rotatable bonds is 2.